The minimum Gasteiger partial charge on any atom is -0.393 e. The van der Waals surface area contributed by atoms with E-state index < -0.39 is 4.92 Å². The van der Waals surface area contributed by atoms with Crippen LogP contribution in [0.25, 0.3) is 0 Å². The van der Waals surface area contributed by atoms with Crippen molar-refractivity contribution < 1.29 is 4.92 Å². The van der Waals surface area contributed by atoms with E-state index in [0.717, 1.165) is 18.5 Å². The van der Waals surface area contributed by atoms with Gasteiger partial charge in [0.2, 0.25) is 0 Å². The molecule has 1 atom stereocenters. The summed E-state index contributed by atoms with van der Waals surface area (Å²) in [5.41, 5.74) is 6.69. The lowest BCUT2D eigenvalue weighted by atomic mass is 10.1. The van der Waals surface area contributed by atoms with Gasteiger partial charge in [0.15, 0.2) is 0 Å². The molecule has 1 rings (SSSR count). The molecule has 100 valence electrons. The van der Waals surface area contributed by atoms with Gasteiger partial charge in [-0.05, 0) is 24.6 Å². The average molecular weight is 251 g/mol. The maximum absolute atomic E-state index is 10.8. The third kappa shape index (κ3) is 4.00. The predicted octanol–water partition coefficient (Wildman–Crippen LogP) is 2.65. The van der Waals surface area contributed by atoms with E-state index >= 15 is 0 Å². The van der Waals surface area contributed by atoms with E-state index in [2.05, 4.69) is 18.7 Å². The summed E-state index contributed by atoms with van der Waals surface area (Å²) >= 11 is 0. The first-order valence-electron chi connectivity index (χ1n) is 6.15. The fourth-order valence-electron chi connectivity index (χ4n) is 1.88. The second-order valence-electron chi connectivity index (χ2n) is 4.86. The molecule has 0 spiro atoms. The van der Waals surface area contributed by atoms with Crippen molar-refractivity contribution >= 4 is 11.4 Å². The third-order valence-electron chi connectivity index (χ3n) is 3.06. The molecule has 5 nitrogen and oxygen atoms in total. The maximum Gasteiger partial charge on any atom is 0.292 e. The summed E-state index contributed by atoms with van der Waals surface area (Å²) in [4.78, 5) is 12.5. The Morgan fingerprint density at radius 2 is 2.17 bits per heavy atom. The zero-order valence-electron chi connectivity index (χ0n) is 11.2. The van der Waals surface area contributed by atoms with Gasteiger partial charge in [-0.15, -0.1) is 0 Å². The molecule has 0 aliphatic carbocycles. The molecule has 2 N–H and O–H groups in total. The number of nitro benzene ring substituents is 1. The van der Waals surface area contributed by atoms with E-state index in [0.29, 0.717) is 12.5 Å². The summed E-state index contributed by atoms with van der Waals surface area (Å²) in [7, 11) is 2.02. The molecule has 0 aromatic heterocycles. The fourth-order valence-corrected chi connectivity index (χ4v) is 1.88. The largest absolute Gasteiger partial charge is 0.393 e. The number of anilines is 1. The van der Waals surface area contributed by atoms with E-state index in [1.165, 1.54) is 0 Å². The number of hydrogen-bond acceptors (Lipinski definition) is 4. The normalized spacial score (nSPS) is 12.7. The van der Waals surface area contributed by atoms with Gasteiger partial charge in [-0.1, -0.05) is 26.3 Å². The van der Waals surface area contributed by atoms with Gasteiger partial charge in [0.1, 0.15) is 5.69 Å². The number of nitro groups is 1. The van der Waals surface area contributed by atoms with E-state index in [4.69, 9.17) is 5.73 Å². The van der Waals surface area contributed by atoms with E-state index in [9.17, 15) is 10.1 Å². The molecule has 0 saturated carbocycles. The first-order chi connectivity index (χ1) is 8.43. The second-order valence-corrected chi connectivity index (χ2v) is 4.86. The van der Waals surface area contributed by atoms with Crippen molar-refractivity contribution in [2.45, 2.75) is 26.8 Å². The van der Waals surface area contributed by atoms with Crippen LogP contribution >= 0.6 is 0 Å². The highest BCUT2D eigenvalue weighted by Crippen LogP contribution is 2.23. The van der Waals surface area contributed by atoms with Crippen molar-refractivity contribution in [1.82, 2.24) is 4.90 Å². The molecule has 5 heteroatoms. The topological polar surface area (TPSA) is 72.4 Å². The molecule has 0 aliphatic heterocycles. The van der Waals surface area contributed by atoms with Crippen LogP contribution in [0, 0.1) is 16.0 Å². The van der Waals surface area contributed by atoms with Crippen molar-refractivity contribution in [1.29, 1.82) is 0 Å². The lowest BCUT2D eigenvalue weighted by molar-refractivity contribution is -0.384. The molecule has 0 radical (unpaired) electrons. The van der Waals surface area contributed by atoms with Gasteiger partial charge >= 0.3 is 0 Å². The molecule has 0 heterocycles. The Morgan fingerprint density at radius 3 is 2.72 bits per heavy atom. The van der Waals surface area contributed by atoms with Crippen molar-refractivity contribution in [3.05, 3.63) is 33.9 Å². The zero-order valence-corrected chi connectivity index (χ0v) is 11.2. The average Bonchev–Trinajstić information content (AvgIpc) is 2.31. The molecular formula is C13H21N3O2. The minimum absolute atomic E-state index is 0.00978. The molecule has 0 amide bonds. The fraction of sp³-hybridized carbons (Fsp3) is 0.538. The minimum atomic E-state index is -0.437. The number of nitrogens with two attached hydrogens (primary N) is 1. The van der Waals surface area contributed by atoms with Crippen LogP contribution in [0.1, 0.15) is 25.8 Å². The first kappa shape index (κ1) is 14.4. The van der Waals surface area contributed by atoms with Gasteiger partial charge < -0.3 is 10.6 Å². The van der Waals surface area contributed by atoms with Crippen LogP contribution in [0.4, 0.5) is 11.4 Å². The lowest BCUT2D eigenvalue weighted by Gasteiger charge is -2.20. The Balaban J connectivity index is 2.73. The summed E-state index contributed by atoms with van der Waals surface area (Å²) < 4.78 is 0. The number of rotatable bonds is 6. The summed E-state index contributed by atoms with van der Waals surface area (Å²) in [6.45, 7) is 6.04. The Morgan fingerprint density at radius 1 is 1.50 bits per heavy atom. The second kappa shape index (κ2) is 6.35. The highest BCUT2D eigenvalue weighted by Gasteiger charge is 2.13. The Labute approximate surface area is 108 Å². The lowest BCUT2D eigenvalue weighted by Crippen LogP contribution is -2.23. The van der Waals surface area contributed by atoms with Crippen LogP contribution in [0.2, 0.25) is 0 Å². The van der Waals surface area contributed by atoms with Crippen LogP contribution < -0.4 is 5.73 Å². The predicted molar refractivity (Wildman–Crippen MR) is 73.3 cm³/mol. The van der Waals surface area contributed by atoms with Gasteiger partial charge in [0, 0.05) is 19.2 Å². The number of nitrogen functional groups attached to an aromatic ring is 1. The van der Waals surface area contributed by atoms with Gasteiger partial charge in [0.05, 0.1) is 4.92 Å². The maximum atomic E-state index is 10.8. The molecule has 18 heavy (non-hydrogen) atoms. The van der Waals surface area contributed by atoms with E-state index in [-0.39, 0.29) is 11.4 Å². The smallest absolute Gasteiger partial charge is 0.292 e. The summed E-state index contributed by atoms with van der Waals surface area (Å²) in [6, 6.07) is 5.00. The Bertz CT molecular complexity index is 421. The number of hydrogen-bond donors (Lipinski definition) is 1. The van der Waals surface area contributed by atoms with Gasteiger partial charge in [-0.3, -0.25) is 10.1 Å². The Hall–Kier alpha value is -1.62. The van der Waals surface area contributed by atoms with Gasteiger partial charge in [-0.2, -0.15) is 0 Å². The standard InChI is InChI=1S/C13H21N3O2/c1-4-10(2)8-15(3)9-11-5-6-12(14)13(7-11)16(17)18/h5-7,10H,4,8-9,14H2,1-3H3. The van der Waals surface area contributed by atoms with Crippen LogP contribution in [0.3, 0.4) is 0 Å². The monoisotopic (exact) mass is 251 g/mol. The zero-order chi connectivity index (χ0) is 13.7. The molecule has 0 fully saturated rings. The molecule has 1 aromatic rings. The highest BCUT2D eigenvalue weighted by atomic mass is 16.6. The van der Waals surface area contributed by atoms with Crippen molar-refractivity contribution in [3.63, 3.8) is 0 Å². The van der Waals surface area contributed by atoms with Crippen molar-refractivity contribution in [3.8, 4) is 0 Å². The van der Waals surface area contributed by atoms with Crippen molar-refractivity contribution in [2.75, 3.05) is 19.3 Å². The molecule has 0 saturated heterocycles. The SMILES string of the molecule is CCC(C)CN(C)Cc1ccc(N)c([N+](=O)[O-])c1. The van der Waals surface area contributed by atoms with Crippen LogP contribution in [0.5, 0.6) is 0 Å². The molecule has 1 aromatic carbocycles. The summed E-state index contributed by atoms with van der Waals surface area (Å²) in [6.07, 6.45) is 1.13. The highest BCUT2D eigenvalue weighted by molar-refractivity contribution is 5.59. The molecule has 1 unspecified atom stereocenters. The van der Waals surface area contributed by atoms with E-state index in [1.807, 2.05) is 13.1 Å². The van der Waals surface area contributed by atoms with Crippen LogP contribution in [-0.4, -0.2) is 23.4 Å². The summed E-state index contributed by atoms with van der Waals surface area (Å²) in [5, 5.41) is 10.8. The third-order valence-corrected chi connectivity index (χ3v) is 3.06. The van der Waals surface area contributed by atoms with E-state index in [1.54, 1.807) is 12.1 Å². The number of benzene rings is 1. The Kier molecular flexibility index (Phi) is 5.09. The quantitative estimate of drug-likeness (QED) is 0.479. The van der Waals surface area contributed by atoms with Crippen molar-refractivity contribution in [2.24, 2.45) is 5.92 Å². The molecular weight excluding hydrogens is 230 g/mol. The van der Waals surface area contributed by atoms with Gasteiger partial charge in [0.25, 0.3) is 5.69 Å². The van der Waals surface area contributed by atoms with Gasteiger partial charge in [-0.25, -0.2) is 0 Å². The molecule has 0 bridgehead atoms. The van der Waals surface area contributed by atoms with Crippen LogP contribution in [0.15, 0.2) is 18.2 Å². The summed E-state index contributed by atoms with van der Waals surface area (Å²) in [5.74, 6) is 0.624. The number of nitrogens with zero attached hydrogens (tertiary/aromatic N) is 2. The molecule has 0 aliphatic rings. The first-order valence-corrected chi connectivity index (χ1v) is 6.15. The van der Waals surface area contributed by atoms with Crippen LogP contribution in [-0.2, 0) is 6.54 Å².